The maximum absolute atomic E-state index is 13.2. The molecule has 1 N–H and O–H groups in total. The van der Waals surface area contributed by atoms with Crippen LogP contribution in [-0.2, 0) is 0 Å². The van der Waals surface area contributed by atoms with Gasteiger partial charge in [-0.2, -0.15) is 5.10 Å². The molecule has 166 valence electrons. The van der Waals surface area contributed by atoms with Crippen molar-refractivity contribution in [2.75, 3.05) is 19.5 Å². The Morgan fingerprint density at radius 1 is 0.970 bits per heavy atom. The number of nitrogens with one attached hydrogen (secondary N) is 1. The van der Waals surface area contributed by atoms with Gasteiger partial charge in [0, 0.05) is 29.6 Å². The molecule has 0 saturated carbocycles. The molecule has 9 nitrogen and oxygen atoms in total. The lowest BCUT2D eigenvalue weighted by molar-refractivity contribution is -0.384. The molecule has 0 bridgehead atoms. The number of aromatic nitrogens is 2. The van der Waals surface area contributed by atoms with E-state index in [0.29, 0.717) is 34.0 Å². The van der Waals surface area contributed by atoms with Gasteiger partial charge in [-0.25, -0.2) is 4.68 Å². The normalized spacial score (nSPS) is 10.5. The standard InChI is InChI=1S/C24H20N4O5/c1-32-21-13-8-16(14-22(21)33-2)23-20(15-27(26-23)18-6-4-3-5-7-18)24(29)25-17-9-11-19(12-10-17)28(30)31/h3-15H,1-2H3,(H,25,29). The second kappa shape index (κ2) is 9.23. The minimum Gasteiger partial charge on any atom is -0.493 e. The van der Waals surface area contributed by atoms with Crippen molar-refractivity contribution < 1.29 is 19.2 Å². The molecule has 0 atom stereocenters. The summed E-state index contributed by atoms with van der Waals surface area (Å²) in [6, 6.07) is 20.3. The van der Waals surface area contributed by atoms with E-state index in [1.165, 1.54) is 31.4 Å². The van der Waals surface area contributed by atoms with E-state index in [9.17, 15) is 14.9 Å². The summed E-state index contributed by atoms with van der Waals surface area (Å²) in [5.41, 5.74) is 2.58. The smallest absolute Gasteiger partial charge is 0.269 e. The van der Waals surface area contributed by atoms with Crippen molar-refractivity contribution in [2.24, 2.45) is 0 Å². The third-order valence-electron chi connectivity index (χ3n) is 4.97. The number of carbonyl (C=O) groups excluding carboxylic acids is 1. The highest BCUT2D eigenvalue weighted by atomic mass is 16.6. The Morgan fingerprint density at radius 2 is 1.67 bits per heavy atom. The van der Waals surface area contributed by atoms with Crippen molar-refractivity contribution in [3.05, 3.63) is 94.7 Å². The number of ether oxygens (including phenoxy) is 2. The van der Waals surface area contributed by atoms with Gasteiger partial charge in [-0.05, 0) is 42.5 Å². The average molecular weight is 444 g/mol. The van der Waals surface area contributed by atoms with Gasteiger partial charge in [0.15, 0.2) is 11.5 Å². The van der Waals surface area contributed by atoms with Crippen LogP contribution in [0.3, 0.4) is 0 Å². The number of anilines is 1. The van der Waals surface area contributed by atoms with Crippen LogP contribution in [0.4, 0.5) is 11.4 Å². The first kappa shape index (κ1) is 21.6. The summed E-state index contributed by atoms with van der Waals surface area (Å²) in [4.78, 5) is 23.6. The van der Waals surface area contributed by atoms with Crippen molar-refractivity contribution in [3.63, 3.8) is 0 Å². The van der Waals surface area contributed by atoms with E-state index in [2.05, 4.69) is 10.4 Å². The predicted molar refractivity (Wildman–Crippen MR) is 123 cm³/mol. The van der Waals surface area contributed by atoms with E-state index in [0.717, 1.165) is 5.69 Å². The van der Waals surface area contributed by atoms with Crippen LogP contribution in [0, 0.1) is 10.1 Å². The topological polar surface area (TPSA) is 109 Å². The molecule has 0 saturated heterocycles. The first-order valence-electron chi connectivity index (χ1n) is 9.93. The molecule has 9 heteroatoms. The van der Waals surface area contributed by atoms with E-state index >= 15 is 0 Å². The van der Waals surface area contributed by atoms with E-state index < -0.39 is 10.8 Å². The van der Waals surface area contributed by atoms with Crippen LogP contribution in [0.15, 0.2) is 79.0 Å². The summed E-state index contributed by atoms with van der Waals surface area (Å²) in [6.07, 6.45) is 1.64. The number of carbonyl (C=O) groups is 1. The molecule has 0 radical (unpaired) electrons. The number of nitro groups is 1. The Labute approximate surface area is 189 Å². The number of methoxy groups -OCH3 is 2. The SMILES string of the molecule is COc1ccc(-c2nn(-c3ccccc3)cc2C(=O)Nc2ccc([N+](=O)[O-])cc2)cc1OC. The van der Waals surface area contributed by atoms with Crippen molar-refractivity contribution in [1.29, 1.82) is 0 Å². The zero-order chi connectivity index (χ0) is 23.4. The minimum absolute atomic E-state index is 0.0593. The molecule has 33 heavy (non-hydrogen) atoms. The average Bonchev–Trinajstić information content (AvgIpc) is 3.30. The van der Waals surface area contributed by atoms with Crippen LogP contribution >= 0.6 is 0 Å². The van der Waals surface area contributed by atoms with Crippen LogP contribution in [0.25, 0.3) is 16.9 Å². The van der Waals surface area contributed by atoms with E-state index in [-0.39, 0.29) is 5.69 Å². The molecule has 4 aromatic rings. The Balaban J connectivity index is 1.75. The number of amides is 1. The molecule has 0 aliphatic heterocycles. The third kappa shape index (κ3) is 4.52. The van der Waals surface area contributed by atoms with Crippen LogP contribution < -0.4 is 14.8 Å². The quantitative estimate of drug-likeness (QED) is 0.326. The zero-order valence-electron chi connectivity index (χ0n) is 17.9. The maximum Gasteiger partial charge on any atom is 0.269 e. The lowest BCUT2D eigenvalue weighted by atomic mass is 10.1. The van der Waals surface area contributed by atoms with Gasteiger partial charge in [-0.1, -0.05) is 18.2 Å². The Bertz CT molecular complexity index is 1300. The monoisotopic (exact) mass is 444 g/mol. The fourth-order valence-corrected chi connectivity index (χ4v) is 3.31. The maximum atomic E-state index is 13.2. The molecular formula is C24H20N4O5. The third-order valence-corrected chi connectivity index (χ3v) is 4.97. The molecule has 4 rings (SSSR count). The van der Waals surface area contributed by atoms with Crippen molar-refractivity contribution in [2.45, 2.75) is 0 Å². The van der Waals surface area contributed by atoms with Gasteiger partial charge in [-0.3, -0.25) is 14.9 Å². The first-order valence-corrected chi connectivity index (χ1v) is 9.93. The van der Waals surface area contributed by atoms with Crippen LogP contribution in [0.2, 0.25) is 0 Å². The van der Waals surface area contributed by atoms with Crippen LogP contribution in [0.5, 0.6) is 11.5 Å². The van der Waals surface area contributed by atoms with Gasteiger partial charge in [0.05, 0.1) is 30.4 Å². The Hall–Kier alpha value is -4.66. The van der Waals surface area contributed by atoms with Crippen molar-refractivity contribution in [3.8, 4) is 28.4 Å². The lowest BCUT2D eigenvalue weighted by Crippen LogP contribution is -2.12. The van der Waals surface area contributed by atoms with Gasteiger partial charge in [0.1, 0.15) is 5.69 Å². The number of nitro benzene ring substituents is 1. The number of rotatable bonds is 7. The number of para-hydroxylation sites is 1. The molecule has 0 aliphatic rings. The molecule has 0 fully saturated rings. The Kier molecular flexibility index (Phi) is 6.03. The summed E-state index contributed by atoms with van der Waals surface area (Å²) >= 11 is 0. The van der Waals surface area contributed by atoms with Gasteiger partial charge < -0.3 is 14.8 Å². The summed E-state index contributed by atoms with van der Waals surface area (Å²) in [6.45, 7) is 0. The summed E-state index contributed by atoms with van der Waals surface area (Å²) in [5.74, 6) is 0.655. The molecule has 0 spiro atoms. The number of benzene rings is 3. The van der Waals surface area contributed by atoms with Gasteiger partial charge in [0.2, 0.25) is 0 Å². The van der Waals surface area contributed by atoms with E-state index in [4.69, 9.17) is 9.47 Å². The fourth-order valence-electron chi connectivity index (χ4n) is 3.31. The molecule has 0 aliphatic carbocycles. The summed E-state index contributed by atoms with van der Waals surface area (Å²) in [7, 11) is 3.08. The summed E-state index contributed by atoms with van der Waals surface area (Å²) in [5, 5.41) is 18.3. The number of nitrogens with zero attached hydrogens (tertiary/aromatic N) is 3. The Morgan fingerprint density at radius 3 is 2.30 bits per heavy atom. The van der Waals surface area contributed by atoms with Crippen molar-refractivity contribution in [1.82, 2.24) is 9.78 Å². The highest BCUT2D eigenvalue weighted by molar-refractivity contribution is 6.08. The van der Waals surface area contributed by atoms with Gasteiger partial charge >= 0.3 is 0 Å². The molecule has 0 unspecified atom stereocenters. The van der Waals surface area contributed by atoms with Gasteiger partial charge in [0.25, 0.3) is 11.6 Å². The van der Waals surface area contributed by atoms with Crippen molar-refractivity contribution >= 4 is 17.3 Å². The summed E-state index contributed by atoms with van der Waals surface area (Å²) < 4.78 is 12.3. The predicted octanol–water partition coefficient (Wildman–Crippen LogP) is 4.72. The van der Waals surface area contributed by atoms with Gasteiger partial charge in [-0.15, -0.1) is 0 Å². The largest absolute Gasteiger partial charge is 0.493 e. The highest BCUT2D eigenvalue weighted by Crippen LogP contribution is 2.33. The molecule has 1 aromatic heterocycles. The zero-order valence-corrected chi connectivity index (χ0v) is 17.9. The van der Waals surface area contributed by atoms with E-state index in [1.54, 1.807) is 36.2 Å². The fraction of sp³-hybridized carbons (Fsp3) is 0.0833. The number of hydrogen-bond donors (Lipinski definition) is 1. The van der Waals surface area contributed by atoms with E-state index in [1.807, 2.05) is 30.3 Å². The van der Waals surface area contributed by atoms with Crippen LogP contribution in [0.1, 0.15) is 10.4 Å². The number of hydrogen-bond acceptors (Lipinski definition) is 6. The number of non-ortho nitro benzene ring substituents is 1. The van der Waals surface area contributed by atoms with Crippen LogP contribution in [-0.4, -0.2) is 34.8 Å². The highest BCUT2D eigenvalue weighted by Gasteiger charge is 2.20. The minimum atomic E-state index is -0.495. The molecule has 1 amide bonds. The second-order valence-corrected chi connectivity index (χ2v) is 7.00. The molecule has 1 heterocycles. The second-order valence-electron chi connectivity index (χ2n) is 7.00. The lowest BCUT2D eigenvalue weighted by Gasteiger charge is -2.10. The first-order chi connectivity index (χ1) is 16.0. The molecule has 3 aromatic carbocycles. The molecular weight excluding hydrogens is 424 g/mol.